The maximum atomic E-state index is 6.14. The highest BCUT2D eigenvalue weighted by Gasteiger charge is 2.07. The van der Waals surface area contributed by atoms with Crippen molar-refractivity contribution in [3.05, 3.63) is 68.1 Å². The first-order valence-electron chi connectivity index (χ1n) is 6.69. The molecule has 0 aliphatic heterocycles. The predicted molar refractivity (Wildman–Crippen MR) is 102 cm³/mol. The Hall–Kier alpha value is -0.810. The second-order valence-corrected chi connectivity index (χ2v) is 7.00. The van der Waals surface area contributed by atoms with E-state index in [1.54, 1.807) is 6.07 Å². The lowest BCUT2D eigenvalue weighted by Crippen LogP contribution is -2.36. The van der Waals surface area contributed by atoms with Gasteiger partial charge in [0.25, 0.3) is 0 Å². The van der Waals surface area contributed by atoms with E-state index in [2.05, 4.69) is 45.6 Å². The second-order valence-electron chi connectivity index (χ2n) is 4.84. The zero-order valence-electron chi connectivity index (χ0n) is 11.9. The van der Waals surface area contributed by atoms with Gasteiger partial charge in [-0.1, -0.05) is 57.3 Å². The molecule has 0 radical (unpaired) electrons. The van der Waals surface area contributed by atoms with Crippen LogP contribution in [0, 0.1) is 0 Å². The third kappa shape index (κ3) is 5.13. The summed E-state index contributed by atoms with van der Waals surface area (Å²) in [6.07, 6.45) is 0. The van der Waals surface area contributed by atoms with Gasteiger partial charge in [-0.2, -0.15) is 0 Å². The van der Waals surface area contributed by atoms with Gasteiger partial charge in [0.15, 0.2) is 5.11 Å². The molecule has 0 spiro atoms. The van der Waals surface area contributed by atoms with E-state index in [0.717, 1.165) is 15.6 Å². The Morgan fingerprint density at radius 3 is 2.50 bits per heavy atom. The Bertz CT molecular complexity index is 662. The standard InChI is InChI=1S/C16H15BrCl2N2S/c1-10(11-2-5-13(17)6-3-11)21-16(22)20-9-12-4-7-14(18)8-15(12)19/h2-8,10H,9H2,1H3,(H2,20,21,22). The van der Waals surface area contributed by atoms with Gasteiger partial charge in [0.2, 0.25) is 0 Å². The molecule has 1 unspecified atom stereocenters. The summed E-state index contributed by atoms with van der Waals surface area (Å²) in [7, 11) is 0. The second kappa shape index (κ2) is 8.16. The number of benzene rings is 2. The van der Waals surface area contributed by atoms with E-state index >= 15 is 0 Å². The molecular formula is C16H15BrCl2N2S. The molecule has 116 valence electrons. The molecule has 2 N–H and O–H groups in total. The topological polar surface area (TPSA) is 24.1 Å². The van der Waals surface area contributed by atoms with Crippen molar-refractivity contribution in [2.24, 2.45) is 0 Å². The maximum Gasteiger partial charge on any atom is 0.167 e. The summed E-state index contributed by atoms with van der Waals surface area (Å²) in [5.41, 5.74) is 2.11. The summed E-state index contributed by atoms with van der Waals surface area (Å²) in [5, 5.41) is 8.24. The molecule has 1 atom stereocenters. The van der Waals surface area contributed by atoms with Gasteiger partial charge in [0.05, 0.1) is 6.04 Å². The lowest BCUT2D eigenvalue weighted by Gasteiger charge is -2.18. The molecule has 0 aromatic heterocycles. The van der Waals surface area contributed by atoms with Crippen LogP contribution in [0.25, 0.3) is 0 Å². The van der Waals surface area contributed by atoms with E-state index in [0.29, 0.717) is 21.7 Å². The average molecular weight is 418 g/mol. The summed E-state index contributed by atoms with van der Waals surface area (Å²) in [6.45, 7) is 2.61. The van der Waals surface area contributed by atoms with Crippen molar-refractivity contribution < 1.29 is 0 Å². The monoisotopic (exact) mass is 416 g/mol. The van der Waals surface area contributed by atoms with Crippen LogP contribution in [0.2, 0.25) is 10.0 Å². The van der Waals surface area contributed by atoms with E-state index in [4.69, 9.17) is 35.4 Å². The molecule has 2 nitrogen and oxygen atoms in total. The van der Waals surface area contributed by atoms with Crippen LogP contribution in [0.4, 0.5) is 0 Å². The van der Waals surface area contributed by atoms with Crippen LogP contribution in [0.15, 0.2) is 46.9 Å². The molecule has 0 bridgehead atoms. The minimum absolute atomic E-state index is 0.119. The van der Waals surface area contributed by atoms with Crippen molar-refractivity contribution in [3.63, 3.8) is 0 Å². The smallest absolute Gasteiger partial charge is 0.167 e. The van der Waals surface area contributed by atoms with E-state index in [9.17, 15) is 0 Å². The van der Waals surface area contributed by atoms with Crippen LogP contribution in [0.5, 0.6) is 0 Å². The van der Waals surface area contributed by atoms with Crippen LogP contribution < -0.4 is 10.6 Å². The van der Waals surface area contributed by atoms with Gasteiger partial charge in [-0.15, -0.1) is 0 Å². The summed E-state index contributed by atoms with van der Waals surface area (Å²) in [6, 6.07) is 13.7. The maximum absolute atomic E-state index is 6.14. The van der Waals surface area contributed by atoms with Crippen LogP contribution >= 0.6 is 51.3 Å². The number of rotatable bonds is 4. The SMILES string of the molecule is CC(NC(=S)NCc1ccc(Cl)cc1Cl)c1ccc(Br)cc1. The fourth-order valence-electron chi connectivity index (χ4n) is 1.92. The van der Waals surface area contributed by atoms with Gasteiger partial charge >= 0.3 is 0 Å². The third-order valence-corrected chi connectivity index (χ3v) is 4.55. The first-order valence-corrected chi connectivity index (χ1v) is 8.65. The van der Waals surface area contributed by atoms with Crippen molar-refractivity contribution in [2.45, 2.75) is 19.5 Å². The summed E-state index contributed by atoms with van der Waals surface area (Å²) in [5.74, 6) is 0. The number of hydrogen-bond acceptors (Lipinski definition) is 1. The van der Waals surface area contributed by atoms with Crippen molar-refractivity contribution in [2.75, 3.05) is 0 Å². The first-order chi connectivity index (χ1) is 10.5. The van der Waals surface area contributed by atoms with Gasteiger partial charge < -0.3 is 10.6 Å². The zero-order valence-corrected chi connectivity index (χ0v) is 15.8. The minimum Gasteiger partial charge on any atom is -0.359 e. The molecule has 2 aromatic rings. The number of halogens is 3. The number of thiocarbonyl (C=S) groups is 1. The fourth-order valence-corrected chi connectivity index (χ4v) is 2.91. The van der Waals surface area contributed by atoms with Crippen molar-refractivity contribution in [1.82, 2.24) is 10.6 Å². The van der Waals surface area contributed by atoms with Crippen LogP contribution in [-0.2, 0) is 6.54 Å². The van der Waals surface area contributed by atoms with E-state index in [1.165, 1.54) is 0 Å². The van der Waals surface area contributed by atoms with Gasteiger partial charge in [0.1, 0.15) is 0 Å². The van der Waals surface area contributed by atoms with Gasteiger partial charge in [-0.3, -0.25) is 0 Å². The molecule has 0 heterocycles. The molecule has 0 fully saturated rings. The van der Waals surface area contributed by atoms with E-state index in [1.807, 2.05) is 24.3 Å². The molecule has 0 saturated heterocycles. The zero-order chi connectivity index (χ0) is 16.1. The molecule has 0 amide bonds. The first kappa shape index (κ1) is 17.5. The van der Waals surface area contributed by atoms with Crippen molar-refractivity contribution >= 4 is 56.5 Å². The number of nitrogens with one attached hydrogen (secondary N) is 2. The highest BCUT2D eigenvalue weighted by molar-refractivity contribution is 9.10. The summed E-state index contributed by atoms with van der Waals surface area (Å²) >= 11 is 20.8. The molecule has 2 rings (SSSR count). The lowest BCUT2D eigenvalue weighted by molar-refractivity contribution is 0.697. The molecule has 0 aliphatic carbocycles. The quantitative estimate of drug-likeness (QED) is 0.644. The molecule has 6 heteroatoms. The average Bonchev–Trinajstić information content (AvgIpc) is 2.47. The van der Waals surface area contributed by atoms with Gasteiger partial charge in [0, 0.05) is 21.1 Å². The largest absolute Gasteiger partial charge is 0.359 e. The molecule has 2 aromatic carbocycles. The highest BCUT2D eigenvalue weighted by atomic mass is 79.9. The Morgan fingerprint density at radius 1 is 1.18 bits per heavy atom. The third-order valence-electron chi connectivity index (χ3n) is 3.17. The number of hydrogen-bond donors (Lipinski definition) is 2. The van der Waals surface area contributed by atoms with Crippen LogP contribution in [-0.4, -0.2) is 5.11 Å². The highest BCUT2D eigenvalue weighted by Crippen LogP contribution is 2.21. The molecular weight excluding hydrogens is 403 g/mol. The van der Waals surface area contributed by atoms with Crippen molar-refractivity contribution in [1.29, 1.82) is 0 Å². The summed E-state index contributed by atoms with van der Waals surface area (Å²) < 4.78 is 1.06. The van der Waals surface area contributed by atoms with E-state index in [-0.39, 0.29) is 6.04 Å². The van der Waals surface area contributed by atoms with Crippen LogP contribution in [0.1, 0.15) is 24.1 Å². The molecule has 22 heavy (non-hydrogen) atoms. The van der Waals surface area contributed by atoms with Gasteiger partial charge in [-0.05, 0) is 54.5 Å². The summed E-state index contributed by atoms with van der Waals surface area (Å²) in [4.78, 5) is 0. The Morgan fingerprint density at radius 2 is 1.86 bits per heavy atom. The van der Waals surface area contributed by atoms with Crippen LogP contribution in [0.3, 0.4) is 0 Å². The molecule has 0 saturated carbocycles. The Kier molecular flexibility index (Phi) is 6.50. The minimum atomic E-state index is 0.119. The lowest BCUT2D eigenvalue weighted by atomic mass is 10.1. The predicted octanol–water partition coefficient (Wildman–Crippen LogP) is 5.48. The normalized spacial score (nSPS) is 11.8. The molecule has 0 aliphatic rings. The fraction of sp³-hybridized carbons (Fsp3) is 0.188. The van der Waals surface area contributed by atoms with E-state index < -0.39 is 0 Å². The van der Waals surface area contributed by atoms with Gasteiger partial charge in [-0.25, -0.2) is 0 Å². The Balaban J connectivity index is 1.88. The van der Waals surface area contributed by atoms with Crippen molar-refractivity contribution in [3.8, 4) is 0 Å². The Labute approximate surface area is 154 Å².